The van der Waals surface area contributed by atoms with Crippen molar-refractivity contribution in [2.45, 2.75) is 38.1 Å². The van der Waals surface area contributed by atoms with Crippen molar-refractivity contribution in [2.24, 2.45) is 0 Å². The summed E-state index contributed by atoms with van der Waals surface area (Å²) in [5, 5.41) is 9.54. The van der Waals surface area contributed by atoms with Gasteiger partial charge in [0, 0.05) is 48.9 Å². The van der Waals surface area contributed by atoms with Gasteiger partial charge >= 0.3 is 0 Å². The molecule has 1 aliphatic heterocycles. The first-order valence-electron chi connectivity index (χ1n) is 12.1. The number of nitrogen functional groups attached to an aromatic ring is 1. The van der Waals surface area contributed by atoms with Crippen LogP contribution in [0.2, 0.25) is 0 Å². The average Bonchev–Trinajstić information content (AvgIpc) is 2.90. The van der Waals surface area contributed by atoms with Gasteiger partial charge in [-0.05, 0) is 49.2 Å². The Bertz CT molecular complexity index is 1130. The highest BCUT2D eigenvalue weighted by molar-refractivity contribution is 5.94. The van der Waals surface area contributed by atoms with Crippen LogP contribution in [0.3, 0.4) is 0 Å². The van der Waals surface area contributed by atoms with Gasteiger partial charge in [0.25, 0.3) is 5.91 Å². The number of rotatable bonds is 4. The molecule has 3 aromatic rings. The van der Waals surface area contributed by atoms with Crippen molar-refractivity contribution < 1.29 is 9.90 Å². The molecule has 34 heavy (non-hydrogen) atoms. The van der Waals surface area contributed by atoms with Crippen LogP contribution in [0, 0.1) is 0 Å². The van der Waals surface area contributed by atoms with E-state index >= 15 is 0 Å². The summed E-state index contributed by atoms with van der Waals surface area (Å²) in [6.07, 6.45) is 8.29. The number of amides is 1. The summed E-state index contributed by atoms with van der Waals surface area (Å²) in [5.74, 6) is 0.596. The van der Waals surface area contributed by atoms with Gasteiger partial charge in [-0.1, -0.05) is 31.4 Å². The highest BCUT2D eigenvalue weighted by Crippen LogP contribution is 2.28. The SMILES string of the molecule is Nc1ncc(-c2ccc(C(=O)N3CCN(C4CCCCC4)CC3)cc2)nc1-c1ccc(O)cc1. The second-order valence-electron chi connectivity index (χ2n) is 9.23. The van der Waals surface area contributed by atoms with Crippen LogP contribution < -0.4 is 5.73 Å². The first kappa shape index (κ1) is 22.3. The van der Waals surface area contributed by atoms with Gasteiger partial charge in [0.2, 0.25) is 0 Å². The largest absolute Gasteiger partial charge is 0.508 e. The number of nitrogens with two attached hydrogens (primary N) is 1. The minimum absolute atomic E-state index is 0.0861. The summed E-state index contributed by atoms with van der Waals surface area (Å²) < 4.78 is 0. The number of aromatic nitrogens is 2. The lowest BCUT2D eigenvalue weighted by molar-refractivity contribution is 0.0523. The van der Waals surface area contributed by atoms with Crippen molar-refractivity contribution in [3.8, 4) is 28.3 Å². The van der Waals surface area contributed by atoms with E-state index in [0.29, 0.717) is 28.8 Å². The molecule has 7 nitrogen and oxygen atoms in total. The number of phenols is 1. The van der Waals surface area contributed by atoms with Crippen LogP contribution in [0.1, 0.15) is 42.5 Å². The van der Waals surface area contributed by atoms with Gasteiger partial charge in [-0.3, -0.25) is 9.69 Å². The van der Waals surface area contributed by atoms with E-state index in [4.69, 9.17) is 5.73 Å². The number of hydrogen-bond donors (Lipinski definition) is 2. The molecule has 3 N–H and O–H groups in total. The molecule has 2 aliphatic rings. The normalized spacial score (nSPS) is 17.6. The van der Waals surface area contributed by atoms with E-state index < -0.39 is 0 Å². The Balaban J connectivity index is 1.26. The van der Waals surface area contributed by atoms with Crippen molar-refractivity contribution in [1.82, 2.24) is 19.8 Å². The Hall–Kier alpha value is -3.45. The standard InChI is InChI=1S/C27H31N5O2/c28-26-25(20-10-12-23(33)13-11-20)30-24(18-29-26)19-6-8-21(9-7-19)27(34)32-16-14-31(15-17-32)22-4-2-1-3-5-22/h6-13,18,22,33H,1-5,14-17H2,(H2,28,29). The zero-order chi connectivity index (χ0) is 23.5. The van der Waals surface area contributed by atoms with Gasteiger partial charge in [-0.2, -0.15) is 0 Å². The van der Waals surface area contributed by atoms with Crippen molar-refractivity contribution in [3.05, 3.63) is 60.3 Å². The van der Waals surface area contributed by atoms with E-state index in [-0.39, 0.29) is 11.7 Å². The Morgan fingerprint density at radius 2 is 1.53 bits per heavy atom. The summed E-state index contributed by atoms with van der Waals surface area (Å²) in [6, 6.07) is 15.0. The van der Waals surface area contributed by atoms with Crippen LogP contribution in [0.4, 0.5) is 5.82 Å². The van der Waals surface area contributed by atoms with Crippen LogP contribution in [0.5, 0.6) is 5.75 Å². The zero-order valence-corrected chi connectivity index (χ0v) is 19.4. The van der Waals surface area contributed by atoms with Crippen molar-refractivity contribution in [1.29, 1.82) is 0 Å². The molecule has 1 aromatic heterocycles. The molecular weight excluding hydrogens is 426 g/mol. The Morgan fingerprint density at radius 3 is 2.21 bits per heavy atom. The molecule has 0 radical (unpaired) electrons. The Morgan fingerprint density at radius 1 is 0.882 bits per heavy atom. The summed E-state index contributed by atoms with van der Waals surface area (Å²) >= 11 is 0. The molecular formula is C27H31N5O2. The topological polar surface area (TPSA) is 95.6 Å². The number of aromatic hydroxyl groups is 1. The predicted molar refractivity (Wildman–Crippen MR) is 133 cm³/mol. The number of phenolic OH excluding ortho intramolecular Hbond substituents is 1. The quantitative estimate of drug-likeness (QED) is 0.610. The smallest absolute Gasteiger partial charge is 0.253 e. The number of nitrogens with zero attached hydrogens (tertiary/aromatic N) is 4. The summed E-state index contributed by atoms with van der Waals surface area (Å²) in [6.45, 7) is 3.51. The van der Waals surface area contributed by atoms with E-state index in [9.17, 15) is 9.90 Å². The van der Waals surface area contributed by atoms with Crippen molar-refractivity contribution in [3.63, 3.8) is 0 Å². The number of hydrogen-bond acceptors (Lipinski definition) is 6. The fourth-order valence-electron chi connectivity index (χ4n) is 5.07. The third kappa shape index (κ3) is 4.75. The predicted octanol–water partition coefficient (Wildman–Crippen LogP) is 4.19. The summed E-state index contributed by atoms with van der Waals surface area (Å²) in [4.78, 5) is 26.6. The van der Waals surface area contributed by atoms with E-state index in [1.54, 1.807) is 30.5 Å². The van der Waals surface area contributed by atoms with Crippen LogP contribution in [0.15, 0.2) is 54.7 Å². The number of piperazine rings is 1. The molecule has 2 heterocycles. The molecule has 0 bridgehead atoms. The van der Waals surface area contributed by atoms with E-state index in [1.807, 2.05) is 29.2 Å². The maximum atomic E-state index is 13.1. The van der Waals surface area contributed by atoms with Gasteiger partial charge in [0.1, 0.15) is 17.3 Å². The van der Waals surface area contributed by atoms with Gasteiger partial charge in [-0.25, -0.2) is 9.97 Å². The molecule has 0 atom stereocenters. The molecule has 7 heteroatoms. The molecule has 1 saturated heterocycles. The fraction of sp³-hybridized carbons (Fsp3) is 0.370. The first-order valence-corrected chi connectivity index (χ1v) is 12.1. The van der Waals surface area contributed by atoms with Crippen LogP contribution in [-0.4, -0.2) is 63.0 Å². The second-order valence-corrected chi connectivity index (χ2v) is 9.23. The molecule has 176 valence electrons. The molecule has 1 amide bonds. The van der Waals surface area contributed by atoms with Crippen molar-refractivity contribution in [2.75, 3.05) is 31.9 Å². The van der Waals surface area contributed by atoms with E-state index in [1.165, 1.54) is 32.1 Å². The van der Waals surface area contributed by atoms with Crippen LogP contribution in [-0.2, 0) is 0 Å². The van der Waals surface area contributed by atoms with Gasteiger partial charge < -0.3 is 15.7 Å². The zero-order valence-electron chi connectivity index (χ0n) is 19.4. The van der Waals surface area contributed by atoms with E-state index in [2.05, 4.69) is 14.9 Å². The minimum Gasteiger partial charge on any atom is -0.508 e. The lowest BCUT2D eigenvalue weighted by Crippen LogP contribution is -2.52. The molecule has 1 saturated carbocycles. The molecule has 0 unspecified atom stereocenters. The maximum absolute atomic E-state index is 13.1. The summed E-state index contributed by atoms with van der Waals surface area (Å²) in [5.41, 5.74) is 9.63. The van der Waals surface area contributed by atoms with Gasteiger partial charge in [0.15, 0.2) is 0 Å². The average molecular weight is 458 g/mol. The highest BCUT2D eigenvalue weighted by atomic mass is 16.3. The van der Waals surface area contributed by atoms with Gasteiger partial charge in [0.05, 0.1) is 11.9 Å². The molecule has 0 spiro atoms. The Labute approximate surface area is 200 Å². The highest BCUT2D eigenvalue weighted by Gasteiger charge is 2.27. The lowest BCUT2D eigenvalue weighted by Gasteiger charge is -2.40. The lowest BCUT2D eigenvalue weighted by atomic mass is 9.94. The number of anilines is 1. The monoisotopic (exact) mass is 457 g/mol. The molecule has 5 rings (SSSR count). The molecule has 2 aromatic carbocycles. The first-order chi connectivity index (χ1) is 16.6. The third-order valence-electron chi connectivity index (χ3n) is 7.06. The van der Waals surface area contributed by atoms with Crippen LogP contribution in [0.25, 0.3) is 22.5 Å². The maximum Gasteiger partial charge on any atom is 0.253 e. The van der Waals surface area contributed by atoms with E-state index in [0.717, 1.165) is 37.3 Å². The number of benzene rings is 2. The summed E-state index contributed by atoms with van der Waals surface area (Å²) in [7, 11) is 0. The fourth-order valence-corrected chi connectivity index (χ4v) is 5.07. The number of carbonyl (C=O) groups is 1. The third-order valence-corrected chi connectivity index (χ3v) is 7.06. The molecule has 1 aliphatic carbocycles. The van der Waals surface area contributed by atoms with Crippen molar-refractivity contribution >= 4 is 11.7 Å². The number of carbonyl (C=O) groups excluding carboxylic acids is 1. The second kappa shape index (κ2) is 9.81. The molecule has 2 fully saturated rings. The van der Waals surface area contributed by atoms with Gasteiger partial charge in [-0.15, -0.1) is 0 Å². The minimum atomic E-state index is 0.0861. The Kier molecular flexibility index (Phi) is 6.45. The van der Waals surface area contributed by atoms with Crippen LogP contribution >= 0.6 is 0 Å².